The molecule has 35 heavy (non-hydrogen) atoms. The van der Waals surface area contributed by atoms with Crippen LogP contribution in [0.4, 0.5) is 0 Å². The van der Waals surface area contributed by atoms with Crippen molar-refractivity contribution in [3.8, 4) is 6.01 Å². The van der Waals surface area contributed by atoms with E-state index in [4.69, 9.17) is 14.2 Å². The summed E-state index contributed by atoms with van der Waals surface area (Å²) in [6.45, 7) is 2.05. The molecule has 6 nitrogen and oxygen atoms in total. The average molecular weight is 467 g/mol. The quantitative estimate of drug-likeness (QED) is 0.389. The topological polar surface area (TPSA) is 62.6 Å². The van der Waals surface area contributed by atoms with Gasteiger partial charge in [-0.05, 0) is 23.6 Å². The Kier molecular flexibility index (Phi) is 5.47. The van der Waals surface area contributed by atoms with Crippen LogP contribution in [0.15, 0.2) is 102 Å². The summed E-state index contributed by atoms with van der Waals surface area (Å²) in [7, 11) is 0. The molecule has 0 unspecified atom stereocenters. The highest BCUT2D eigenvalue weighted by atomic mass is 16.6. The summed E-state index contributed by atoms with van der Waals surface area (Å²) in [5.41, 5.74) is 2.55. The number of nitrogens with zero attached hydrogens (tertiary/aromatic N) is 2. The molecule has 2 aliphatic rings. The third kappa shape index (κ3) is 3.75. The van der Waals surface area contributed by atoms with Crippen LogP contribution in [0.5, 0.6) is 6.01 Å². The molecule has 3 atom stereocenters. The molecular weight excluding hydrogens is 440 g/mol. The van der Waals surface area contributed by atoms with Gasteiger partial charge in [-0.2, -0.15) is 4.98 Å². The van der Waals surface area contributed by atoms with E-state index in [0.29, 0.717) is 24.6 Å². The van der Waals surface area contributed by atoms with Crippen LogP contribution in [0.1, 0.15) is 34.9 Å². The van der Waals surface area contributed by atoms with E-state index in [0.717, 1.165) is 16.7 Å². The summed E-state index contributed by atoms with van der Waals surface area (Å²) >= 11 is 0. The standard InChI is InChI=1S/C29H26N2O4/c1-20-18-31-26-17-24(35-28(31)30-27(20)32)25(34-26)19-33-29(21-11-5-2-6-12-21,22-13-7-3-8-14-22)23-15-9-4-10-16-23/h2-16,18,24-26H,17,19H2,1H3/t24-,25+,26+/m0/s1. The van der Waals surface area contributed by atoms with Gasteiger partial charge in [0.2, 0.25) is 0 Å². The number of aryl methyl sites for hydroxylation is 1. The molecule has 6 heteroatoms. The van der Waals surface area contributed by atoms with Crippen LogP contribution in [-0.4, -0.2) is 28.4 Å². The first-order valence-corrected chi connectivity index (χ1v) is 11.9. The van der Waals surface area contributed by atoms with E-state index in [1.165, 1.54) is 0 Å². The second kappa shape index (κ2) is 8.80. The summed E-state index contributed by atoms with van der Waals surface area (Å²) in [5.74, 6) is 0. The molecule has 0 saturated carbocycles. The fraction of sp³-hybridized carbons (Fsp3) is 0.241. The van der Waals surface area contributed by atoms with Crippen molar-refractivity contribution in [3.05, 3.63) is 130 Å². The lowest BCUT2D eigenvalue weighted by Gasteiger charge is -2.37. The second-order valence-electron chi connectivity index (χ2n) is 9.03. The van der Waals surface area contributed by atoms with Crippen LogP contribution in [0.2, 0.25) is 0 Å². The Hall–Kier alpha value is -3.74. The zero-order valence-corrected chi connectivity index (χ0v) is 19.4. The molecule has 3 aromatic carbocycles. The SMILES string of the molecule is Cc1cn2c(nc1=O)O[C@H]1C[C@H]2O[C@@H]1COC(c1ccccc1)(c1ccccc1)c1ccccc1. The Morgan fingerprint density at radius 2 is 1.46 bits per heavy atom. The van der Waals surface area contributed by atoms with Gasteiger partial charge in [-0.3, -0.25) is 9.36 Å². The fourth-order valence-corrected chi connectivity index (χ4v) is 5.10. The summed E-state index contributed by atoms with van der Waals surface area (Å²) in [5, 5.41) is 0. The van der Waals surface area contributed by atoms with E-state index < -0.39 is 5.60 Å². The Labute approximate surface area is 203 Å². The van der Waals surface area contributed by atoms with Crippen LogP contribution in [0, 0.1) is 6.92 Å². The van der Waals surface area contributed by atoms with Crippen molar-refractivity contribution in [1.29, 1.82) is 0 Å². The third-order valence-electron chi connectivity index (χ3n) is 6.84. The lowest BCUT2D eigenvalue weighted by molar-refractivity contribution is -0.0816. The predicted molar refractivity (Wildman–Crippen MR) is 131 cm³/mol. The van der Waals surface area contributed by atoms with Crippen LogP contribution in [-0.2, 0) is 15.1 Å². The highest BCUT2D eigenvalue weighted by Gasteiger charge is 2.46. The molecule has 176 valence electrons. The number of hydrogen-bond donors (Lipinski definition) is 0. The summed E-state index contributed by atoms with van der Waals surface area (Å²) in [6, 6.07) is 31.1. The lowest BCUT2D eigenvalue weighted by atomic mass is 9.80. The van der Waals surface area contributed by atoms with Crippen LogP contribution in [0.3, 0.4) is 0 Å². The number of rotatable bonds is 6. The molecule has 1 saturated heterocycles. The maximum absolute atomic E-state index is 12.1. The molecule has 2 aliphatic heterocycles. The van der Waals surface area contributed by atoms with Crippen molar-refractivity contribution < 1.29 is 14.2 Å². The van der Waals surface area contributed by atoms with Crippen LogP contribution < -0.4 is 10.3 Å². The van der Waals surface area contributed by atoms with Crippen molar-refractivity contribution in [2.45, 2.75) is 37.4 Å². The maximum atomic E-state index is 12.1. The van der Waals surface area contributed by atoms with Crippen molar-refractivity contribution >= 4 is 0 Å². The molecule has 1 aromatic heterocycles. The Balaban J connectivity index is 1.37. The first-order valence-electron chi connectivity index (χ1n) is 11.9. The molecule has 3 heterocycles. The zero-order valence-electron chi connectivity index (χ0n) is 19.4. The molecule has 0 spiro atoms. The first-order chi connectivity index (χ1) is 17.1. The fourth-order valence-electron chi connectivity index (χ4n) is 5.10. The van der Waals surface area contributed by atoms with Gasteiger partial charge in [-0.15, -0.1) is 0 Å². The minimum atomic E-state index is -0.832. The van der Waals surface area contributed by atoms with Crippen LogP contribution >= 0.6 is 0 Å². The first kappa shape index (κ1) is 21.8. The molecule has 0 aliphatic carbocycles. The zero-order chi connectivity index (χ0) is 23.8. The number of ether oxygens (including phenoxy) is 3. The molecular formula is C29H26N2O4. The normalized spacial score (nSPS) is 20.8. The Morgan fingerprint density at radius 3 is 2.00 bits per heavy atom. The van der Waals surface area contributed by atoms with Gasteiger partial charge in [0.25, 0.3) is 5.56 Å². The van der Waals surface area contributed by atoms with Crippen molar-refractivity contribution in [2.24, 2.45) is 0 Å². The molecule has 4 aromatic rings. The van der Waals surface area contributed by atoms with E-state index in [9.17, 15) is 4.79 Å². The largest absolute Gasteiger partial charge is 0.458 e. The highest BCUT2D eigenvalue weighted by molar-refractivity contribution is 5.47. The highest BCUT2D eigenvalue weighted by Crippen LogP contribution is 2.43. The minimum Gasteiger partial charge on any atom is -0.458 e. The van der Waals surface area contributed by atoms with Gasteiger partial charge in [-0.1, -0.05) is 91.0 Å². The van der Waals surface area contributed by atoms with Crippen molar-refractivity contribution in [3.63, 3.8) is 0 Å². The molecule has 0 radical (unpaired) electrons. The van der Waals surface area contributed by atoms with Gasteiger partial charge in [0.05, 0.1) is 6.61 Å². The molecule has 0 amide bonds. The van der Waals surface area contributed by atoms with E-state index in [2.05, 4.69) is 41.4 Å². The number of benzene rings is 3. The monoisotopic (exact) mass is 466 g/mol. The van der Waals surface area contributed by atoms with E-state index >= 15 is 0 Å². The van der Waals surface area contributed by atoms with Gasteiger partial charge in [0, 0.05) is 18.2 Å². The lowest BCUT2D eigenvalue weighted by Crippen LogP contribution is -2.39. The maximum Gasteiger partial charge on any atom is 0.302 e. The summed E-state index contributed by atoms with van der Waals surface area (Å²) < 4.78 is 21.2. The number of aromatic nitrogens is 2. The Morgan fingerprint density at radius 1 is 0.914 bits per heavy atom. The second-order valence-corrected chi connectivity index (χ2v) is 9.03. The Bertz CT molecular complexity index is 1280. The summed E-state index contributed by atoms with van der Waals surface area (Å²) in [6.07, 6.45) is 1.66. The van der Waals surface area contributed by atoms with E-state index in [1.807, 2.05) is 59.2 Å². The minimum absolute atomic E-state index is 0.233. The van der Waals surface area contributed by atoms with Crippen molar-refractivity contribution in [1.82, 2.24) is 9.55 Å². The average Bonchev–Trinajstić information content (AvgIpc) is 3.24. The summed E-state index contributed by atoms with van der Waals surface area (Å²) in [4.78, 5) is 16.2. The third-order valence-corrected chi connectivity index (χ3v) is 6.84. The molecule has 1 fully saturated rings. The van der Waals surface area contributed by atoms with Gasteiger partial charge in [-0.25, -0.2) is 0 Å². The van der Waals surface area contributed by atoms with Gasteiger partial charge < -0.3 is 14.2 Å². The molecule has 2 bridgehead atoms. The molecule has 0 N–H and O–H groups in total. The van der Waals surface area contributed by atoms with Crippen LogP contribution in [0.25, 0.3) is 0 Å². The van der Waals surface area contributed by atoms with Gasteiger partial charge in [0.15, 0.2) is 0 Å². The number of hydrogen-bond acceptors (Lipinski definition) is 5. The smallest absolute Gasteiger partial charge is 0.302 e. The van der Waals surface area contributed by atoms with Crippen molar-refractivity contribution in [2.75, 3.05) is 6.61 Å². The predicted octanol–water partition coefficient (Wildman–Crippen LogP) is 4.61. The van der Waals surface area contributed by atoms with Gasteiger partial charge >= 0.3 is 6.01 Å². The van der Waals surface area contributed by atoms with E-state index in [1.54, 1.807) is 13.1 Å². The number of fused-ring (bicyclic) bond motifs is 4. The van der Waals surface area contributed by atoms with E-state index in [-0.39, 0.29) is 24.0 Å². The van der Waals surface area contributed by atoms with Gasteiger partial charge in [0.1, 0.15) is 24.0 Å². The molecule has 6 rings (SSSR count).